The van der Waals surface area contributed by atoms with Crippen molar-refractivity contribution in [1.82, 2.24) is 5.32 Å². The van der Waals surface area contributed by atoms with Gasteiger partial charge < -0.3 is 10.1 Å². The first-order chi connectivity index (χ1) is 10.6. The van der Waals surface area contributed by atoms with Crippen molar-refractivity contribution in [2.45, 2.75) is 26.4 Å². The van der Waals surface area contributed by atoms with Crippen LogP contribution in [0.4, 0.5) is 0 Å². The zero-order valence-electron chi connectivity index (χ0n) is 13.4. The maximum Gasteiger partial charge on any atom is 0.224 e. The maximum atomic E-state index is 11.6. The molecule has 2 aromatic carbocycles. The Morgan fingerprint density at radius 2 is 1.86 bits per heavy atom. The van der Waals surface area contributed by atoms with Gasteiger partial charge in [0.15, 0.2) is 0 Å². The molecule has 0 fully saturated rings. The molecule has 116 valence electrons. The molecule has 1 amide bonds. The van der Waals surface area contributed by atoms with E-state index in [1.807, 2.05) is 32.0 Å². The van der Waals surface area contributed by atoms with Crippen LogP contribution in [0, 0.1) is 0 Å². The summed E-state index contributed by atoms with van der Waals surface area (Å²) < 4.78 is 5.37. The number of ether oxygens (including phenoxy) is 1. The van der Waals surface area contributed by atoms with E-state index in [4.69, 9.17) is 4.74 Å². The number of likely N-dealkylation sites (N-methyl/N-ethyl adjacent to an activating group) is 1. The standard InChI is InChI=1S/C19H23NO2/c1-4-20-19(21)12-15-8-10-16(11-9-15)18-7-5-6-17(13-18)14(2)22-3/h5-11,13-14H,4,12H2,1-3H3,(H,20,21)/t14-/m0/s1. The third kappa shape index (κ3) is 4.18. The highest BCUT2D eigenvalue weighted by Crippen LogP contribution is 2.24. The molecule has 0 aliphatic rings. The van der Waals surface area contributed by atoms with Crippen molar-refractivity contribution in [2.24, 2.45) is 0 Å². The molecule has 0 radical (unpaired) electrons. The molecule has 0 saturated heterocycles. The fourth-order valence-corrected chi connectivity index (χ4v) is 2.37. The Morgan fingerprint density at radius 1 is 1.14 bits per heavy atom. The van der Waals surface area contributed by atoms with E-state index in [2.05, 4.69) is 35.6 Å². The normalized spacial score (nSPS) is 12.0. The topological polar surface area (TPSA) is 38.3 Å². The molecular formula is C19H23NO2. The molecular weight excluding hydrogens is 274 g/mol. The molecule has 3 heteroatoms. The maximum absolute atomic E-state index is 11.6. The lowest BCUT2D eigenvalue weighted by Gasteiger charge is -2.12. The Kier molecular flexibility index (Phi) is 5.73. The van der Waals surface area contributed by atoms with E-state index in [1.165, 1.54) is 0 Å². The van der Waals surface area contributed by atoms with Crippen LogP contribution in [0.3, 0.4) is 0 Å². The van der Waals surface area contributed by atoms with Crippen molar-refractivity contribution >= 4 is 5.91 Å². The largest absolute Gasteiger partial charge is 0.377 e. The monoisotopic (exact) mass is 297 g/mol. The van der Waals surface area contributed by atoms with Crippen molar-refractivity contribution < 1.29 is 9.53 Å². The predicted molar refractivity (Wildman–Crippen MR) is 89.7 cm³/mol. The molecule has 3 nitrogen and oxygen atoms in total. The molecule has 0 spiro atoms. The number of methoxy groups -OCH3 is 1. The fourth-order valence-electron chi connectivity index (χ4n) is 2.37. The van der Waals surface area contributed by atoms with Crippen molar-refractivity contribution in [3.05, 3.63) is 59.7 Å². The van der Waals surface area contributed by atoms with Crippen molar-refractivity contribution in [2.75, 3.05) is 13.7 Å². The number of carbonyl (C=O) groups excluding carboxylic acids is 1. The predicted octanol–water partition coefficient (Wildman–Crippen LogP) is 3.74. The van der Waals surface area contributed by atoms with Gasteiger partial charge in [0, 0.05) is 13.7 Å². The highest BCUT2D eigenvalue weighted by Gasteiger charge is 2.06. The van der Waals surface area contributed by atoms with Gasteiger partial charge in [-0.15, -0.1) is 0 Å². The Hall–Kier alpha value is -2.13. The van der Waals surface area contributed by atoms with Crippen molar-refractivity contribution in [1.29, 1.82) is 0 Å². The SMILES string of the molecule is CCNC(=O)Cc1ccc(-c2cccc([C@H](C)OC)c2)cc1. The van der Waals surface area contributed by atoms with Gasteiger partial charge in [0.1, 0.15) is 0 Å². The van der Waals surface area contributed by atoms with Gasteiger partial charge in [0.25, 0.3) is 0 Å². The summed E-state index contributed by atoms with van der Waals surface area (Å²) in [7, 11) is 1.72. The number of benzene rings is 2. The van der Waals surface area contributed by atoms with Crippen LogP contribution in [0.5, 0.6) is 0 Å². The zero-order valence-corrected chi connectivity index (χ0v) is 13.4. The van der Waals surface area contributed by atoms with E-state index < -0.39 is 0 Å². The van der Waals surface area contributed by atoms with Crippen LogP contribution in [-0.4, -0.2) is 19.6 Å². The number of nitrogens with one attached hydrogen (secondary N) is 1. The summed E-state index contributed by atoms with van der Waals surface area (Å²) in [5.41, 5.74) is 4.48. The summed E-state index contributed by atoms with van der Waals surface area (Å²) in [4.78, 5) is 11.6. The first-order valence-electron chi connectivity index (χ1n) is 7.62. The molecule has 0 aliphatic carbocycles. The first kappa shape index (κ1) is 16.2. The van der Waals surface area contributed by atoms with Crippen LogP contribution >= 0.6 is 0 Å². The van der Waals surface area contributed by atoms with Crippen LogP contribution in [0.15, 0.2) is 48.5 Å². The number of hydrogen-bond donors (Lipinski definition) is 1. The molecule has 0 heterocycles. The Bertz CT molecular complexity index is 620. The third-order valence-corrected chi connectivity index (χ3v) is 3.74. The van der Waals surface area contributed by atoms with Crippen LogP contribution in [0.1, 0.15) is 31.1 Å². The summed E-state index contributed by atoms with van der Waals surface area (Å²) >= 11 is 0. The summed E-state index contributed by atoms with van der Waals surface area (Å²) in [6.07, 6.45) is 0.506. The lowest BCUT2D eigenvalue weighted by Crippen LogP contribution is -2.24. The van der Waals surface area contributed by atoms with Crippen LogP contribution in [0.2, 0.25) is 0 Å². The first-order valence-corrected chi connectivity index (χ1v) is 7.62. The molecule has 1 atom stereocenters. The number of amides is 1. The van der Waals surface area contributed by atoms with Gasteiger partial charge in [-0.25, -0.2) is 0 Å². The molecule has 1 N–H and O–H groups in total. The molecule has 0 aliphatic heterocycles. The van der Waals surface area contributed by atoms with E-state index >= 15 is 0 Å². The molecule has 2 rings (SSSR count). The van der Waals surface area contributed by atoms with Gasteiger partial charge >= 0.3 is 0 Å². The van der Waals surface area contributed by atoms with Gasteiger partial charge in [-0.3, -0.25) is 4.79 Å². The van der Waals surface area contributed by atoms with Crippen LogP contribution in [-0.2, 0) is 16.0 Å². The Morgan fingerprint density at radius 3 is 2.50 bits per heavy atom. The summed E-state index contributed by atoms with van der Waals surface area (Å²) in [5, 5.41) is 2.81. The third-order valence-electron chi connectivity index (χ3n) is 3.74. The minimum Gasteiger partial charge on any atom is -0.377 e. The fraction of sp³-hybridized carbons (Fsp3) is 0.316. The van der Waals surface area contributed by atoms with Crippen LogP contribution < -0.4 is 5.32 Å². The Labute approximate surface area is 132 Å². The van der Waals surface area contributed by atoms with Gasteiger partial charge in [0.05, 0.1) is 12.5 Å². The number of carbonyl (C=O) groups is 1. The second kappa shape index (κ2) is 7.76. The quantitative estimate of drug-likeness (QED) is 0.882. The second-order valence-corrected chi connectivity index (χ2v) is 5.33. The van der Waals surface area contributed by atoms with Crippen LogP contribution in [0.25, 0.3) is 11.1 Å². The second-order valence-electron chi connectivity index (χ2n) is 5.33. The molecule has 0 saturated carbocycles. The average molecular weight is 297 g/mol. The summed E-state index contributed by atoms with van der Waals surface area (Å²) in [5.74, 6) is 0.0613. The molecule has 0 unspecified atom stereocenters. The molecule has 2 aromatic rings. The van der Waals surface area contributed by atoms with E-state index in [-0.39, 0.29) is 12.0 Å². The van der Waals surface area contributed by atoms with E-state index in [1.54, 1.807) is 7.11 Å². The zero-order chi connectivity index (χ0) is 15.9. The average Bonchev–Trinajstić information content (AvgIpc) is 2.55. The van der Waals surface area contributed by atoms with E-state index in [9.17, 15) is 4.79 Å². The Balaban J connectivity index is 2.15. The van der Waals surface area contributed by atoms with Crippen molar-refractivity contribution in [3.63, 3.8) is 0 Å². The minimum atomic E-state index is 0.0613. The number of hydrogen-bond acceptors (Lipinski definition) is 2. The lowest BCUT2D eigenvalue weighted by molar-refractivity contribution is -0.120. The van der Waals surface area contributed by atoms with Gasteiger partial charge in [-0.2, -0.15) is 0 Å². The van der Waals surface area contributed by atoms with E-state index in [0.29, 0.717) is 13.0 Å². The van der Waals surface area contributed by atoms with Gasteiger partial charge in [0.2, 0.25) is 5.91 Å². The minimum absolute atomic E-state index is 0.0613. The smallest absolute Gasteiger partial charge is 0.224 e. The molecule has 22 heavy (non-hydrogen) atoms. The molecule has 0 aromatic heterocycles. The number of rotatable bonds is 6. The molecule has 0 bridgehead atoms. The summed E-state index contributed by atoms with van der Waals surface area (Å²) in [6.45, 7) is 4.63. The summed E-state index contributed by atoms with van der Waals surface area (Å²) in [6, 6.07) is 16.5. The van der Waals surface area contributed by atoms with E-state index in [0.717, 1.165) is 22.3 Å². The highest BCUT2D eigenvalue weighted by atomic mass is 16.5. The lowest BCUT2D eigenvalue weighted by atomic mass is 9.99. The highest BCUT2D eigenvalue weighted by molar-refractivity contribution is 5.78. The van der Waals surface area contributed by atoms with Crippen molar-refractivity contribution in [3.8, 4) is 11.1 Å². The van der Waals surface area contributed by atoms with Gasteiger partial charge in [-0.1, -0.05) is 42.5 Å². The van der Waals surface area contributed by atoms with Gasteiger partial charge in [-0.05, 0) is 42.2 Å².